The van der Waals surface area contributed by atoms with Crippen LogP contribution in [-0.2, 0) is 11.3 Å². The zero-order chi connectivity index (χ0) is 15.2. The third kappa shape index (κ3) is 4.55. The Hall–Kier alpha value is -2.44. The fourth-order valence-electron chi connectivity index (χ4n) is 1.61. The molecule has 1 heterocycles. The highest BCUT2D eigenvalue weighted by Crippen LogP contribution is 2.19. The minimum atomic E-state index is -0.888. The number of rotatable bonds is 7. The normalized spacial score (nSPS) is 10.8. The summed E-state index contributed by atoms with van der Waals surface area (Å²) >= 11 is 0. The van der Waals surface area contributed by atoms with Gasteiger partial charge in [0.1, 0.15) is 5.75 Å². The highest BCUT2D eigenvalue weighted by atomic mass is 16.5. The van der Waals surface area contributed by atoms with Gasteiger partial charge in [0.25, 0.3) is 0 Å². The second kappa shape index (κ2) is 6.83. The molecule has 1 aromatic heterocycles. The van der Waals surface area contributed by atoms with Gasteiger partial charge in [0.15, 0.2) is 0 Å². The molecule has 2 rings (SSSR count). The second-order valence-electron chi connectivity index (χ2n) is 5.08. The van der Waals surface area contributed by atoms with E-state index in [1.807, 2.05) is 24.3 Å². The molecule has 0 aliphatic carbocycles. The summed E-state index contributed by atoms with van der Waals surface area (Å²) < 4.78 is 5.60. The van der Waals surface area contributed by atoms with E-state index in [0.29, 0.717) is 18.3 Å². The predicted molar refractivity (Wildman–Crippen MR) is 75.8 cm³/mol. The minimum Gasteiger partial charge on any atom is -0.493 e. The standard InChI is InChI=1S/C14H18N4O3/c1-10(2)9-21-12-5-3-11(4-6-12)14-15-17-18(16-14)8-7-13(19)20/h3-6,10H,7-9H2,1-2H3,(H,19,20). The van der Waals surface area contributed by atoms with E-state index in [2.05, 4.69) is 29.3 Å². The smallest absolute Gasteiger partial charge is 0.305 e. The van der Waals surface area contributed by atoms with Crippen molar-refractivity contribution >= 4 is 5.97 Å². The summed E-state index contributed by atoms with van der Waals surface area (Å²) in [6.07, 6.45) is -0.0300. The van der Waals surface area contributed by atoms with Gasteiger partial charge in [-0.1, -0.05) is 13.8 Å². The molecule has 0 amide bonds. The number of ether oxygens (including phenoxy) is 1. The Morgan fingerprint density at radius 2 is 2.05 bits per heavy atom. The van der Waals surface area contributed by atoms with E-state index in [9.17, 15) is 4.79 Å². The number of nitrogens with zero attached hydrogens (tertiary/aromatic N) is 4. The number of hydrogen-bond acceptors (Lipinski definition) is 5. The van der Waals surface area contributed by atoms with Crippen LogP contribution in [0.1, 0.15) is 20.3 Å². The van der Waals surface area contributed by atoms with Gasteiger partial charge in [0, 0.05) is 5.56 Å². The van der Waals surface area contributed by atoms with Crippen molar-refractivity contribution in [3.63, 3.8) is 0 Å². The van der Waals surface area contributed by atoms with E-state index < -0.39 is 5.97 Å². The number of aryl methyl sites for hydroxylation is 1. The number of aromatic nitrogens is 4. The first kappa shape index (κ1) is 15.0. The van der Waals surface area contributed by atoms with Gasteiger partial charge in [-0.25, -0.2) is 0 Å². The number of carbonyl (C=O) groups is 1. The maximum atomic E-state index is 10.5. The van der Waals surface area contributed by atoms with Crippen molar-refractivity contribution in [2.75, 3.05) is 6.61 Å². The summed E-state index contributed by atoms with van der Waals surface area (Å²) in [5, 5.41) is 20.5. The largest absolute Gasteiger partial charge is 0.493 e. The summed E-state index contributed by atoms with van der Waals surface area (Å²) in [7, 11) is 0. The molecule has 0 atom stereocenters. The molecular weight excluding hydrogens is 272 g/mol. The van der Waals surface area contributed by atoms with Crippen LogP contribution in [-0.4, -0.2) is 37.9 Å². The lowest BCUT2D eigenvalue weighted by molar-refractivity contribution is -0.137. The number of carboxylic acids is 1. The van der Waals surface area contributed by atoms with E-state index in [1.54, 1.807) is 0 Å². The van der Waals surface area contributed by atoms with Crippen LogP contribution in [0.5, 0.6) is 5.75 Å². The molecule has 0 saturated heterocycles. The van der Waals surface area contributed by atoms with Crippen LogP contribution < -0.4 is 4.74 Å². The molecule has 0 aliphatic heterocycles. The van der Waals surface area contributed by atoms with Crippen LogP contribution in [0.3, 0.4) is 0 Å². The van der Waals surface area contributed by atoms with Crippen LogP contribution in [0.2, 0.25) is 0 Å². The van der Waals surface area contributed by atoms with E-state index >= 15 is 0 Å². The first-order valence-electron chi connectivity index (χ1n) is 6.77. The Balaban J connectivity index is 2.00. The maximum Gasteiger partial charge on any atom is 0.305 e. The highest BCUT2D eigenvalue weighted by molar-refractivity contribution is 5.66. The topological polar surface area (TPSA) is 90.1 Å². The van der Waals surface area contributed by atoms with Crippen molar-refractivity contribution in [2.45, 2.75) is 26.8 Å². The molecule has 1 aromatic carbocycles. The Kier molecular flexibility index (Phi) is 4.86. The van der Waals surface area contributed by atoms with Crippen LogP contribution in [0.25, 0.3) is 11.4 Å². The lowest BCUT2D eigenvalue weighted by Crippen LogP contribution is -2.07. The molecule has 0 spiro atoms. The fraction of sp³-hybridized carbons (Fsp3) is 0.429. The Morgan fingerprint density at radius 3 is 2.67 bits per heavy atom. The van der Waals surface area contributed by atoms with Gasteiger partial charge in [-0.05, 0) is 35.4 Å². The molecule has 0 unspecified atom stereocenters. The number of aliphatic carboxylic acids is 1. The Morgan fingerprint density at radius 1 is 1.33 bits per heavy atom. The third-order valence-electron chi connectivity index (χ3n) is 2.67. The first-order chi connectivity index (χ1) is 10.0. The molecule has 0 saturated carbocycles. The van der Waals surface area contributed by atoms with E-state index in [0.717, 1.165) is 11.3 Å². The summed E-state index contributed by atoms with van der Waals surface area (Å²) in [6, 6.07) is 7.42. The zero-order valence-electron chi connectivity index (χ0n) is 12.1. The fourth-order valence-corrected chi connectivity index (χ4v) is 1.61. The zero-order valence-corrected chi connectivity index (χ0v) is 12.1. The summed E-state index contributed by atoms with van der Waals surface area (Å²) in [5.41, 5.74) is 0.813. The van der Waals surface area contributed by atoms with Crippen molar-refractivity contribution < 1.29 is 14.6 Å². The number of tetrazole rings is 1. The van der Waals surface area contributed by atoms with E-state index in [1.165, 1.54) is 4.80 Å². The highest BCUT2D eigenvalue weighted by Gasteiger charge is 2.07. The second-order valence-corrected chi connectivity index (χ2v) is 5.08. The number of benzene rings is 1. The van der Waals surface area contributed by atoms with Gasteiger partial charge in [-0.2, -0.15) is 4.80 Å². The summed E-state index contributed by atoms with van der Waals surface area (Å²) in [4.78, 5) is 11.8. The van der Waals surface area contributed by atoms with Gasteiger partial charge >= 0.3 is 5.97 Å². The monoisotopic (exact) mass is 290 g/mol. The van der Waals surface area contributed by atoms with Crippen LogP contribution in [0.4, 0.5) is 0 Å². The van der Waals surface area contributed by atoms with E-state index in [-0.39, 0.29) is 13.0 Å². The van der Waals surface area contributed by atoms with Crippen molar-refractivity contribution in [2.24, 2.45) is 5.92 Å². The van der Waals surface area contributed by atoms with Gasteiger partial charge in [0.05, 0.1) is 19.6 Å². The van der Waals surface area contributed by atoms with Crippen molar-refractivity contribution in [1.82, 2.24) is 20.2 Å². The lowest BCUT2D eigenvalue weighted by atomic mass is 10.2. The molecule has 2 aromatic rings. The average Bonchev–Trinajstić information content (AvgIpc) is 2.92. The molecule has 0 fully saturated rings. The summed E-state index contributed by atoms with van der Waals surface area (Å²) in [6.45, 7) is 5.06. The third-order valence-corrected chi connectivity index (χ3v) is 2.67. The average molecular weight is 290 g/mol. The van der Waals surface area contributed by atoms with Crippen molar-refractivity contribution in [1.29, 1.82) is 0 Å². The predicted octanol–water partition coefficient (Wildman–Crippen LogP) is 1.85. The molecular formula is C14H18N4O3. The van der Waals surface area contributed by atoms with Crippen LogP contribution in [0.15, 0.2) is 24.3 Å². The van der Waals surface area contributed by atoms with Gasteiger partial charge in [0.2, 0.25) is 5.82 Å². The van der Waals surface area contributed by atoms with Gasteiger partial charge in [-0.3, -0.25) is 4.79 Å². The molecule has 0 aliphatic rings. The van der Waals surface area contributed by atoms with Crippen molar-refractivity contribution in [3.8, 4) is 17.1 Å². The molecule has 7 nitrogen and oxygen atoms in total. The first-order valence-corrected chi connectivity index (χ1v) is 6.77. The molecule has 7 heteroatoms. The summed E-state index contributed by atoms with van der Waals surface area (Å²) in [5.74, 6) is 0.850. The number of hydrogen-bond donors (Lipinski definition) is 1. The SMILES string of the molecule is CC(C)COc1ccc(-c2nnn(CCC(=O)O)n2)cc1. The number of carboxylic acid groups (broad SMARTS) is 1. The van der Waals surface area contributed by atoms with Crippen molar-refractivity contribution in [3.05, 3.63) is 24.3 Å². The van der Waals surface area contributed by atoms with Gasteiger partial charge < -0.3 is 9.84 Å². The van der Waals surface area contributed by atoms with Crippen LogP contribution in [0, 0.1) is 5.92 Å². The molecule has 0 radical (unpaired) electrons. The quantitative estimate of drug-likeness (QED) is 0.837. The van der Waals surface area contributed by atoms with E-state index in [4.69, 9.17) is 9.84 Å². The molecule has 1 N–H and O–H groups in total. The molecule has 112 valence electrons. The molecule has 0 bridgehead atoms. The Labute approximate surface area is 122 Å². The maximum absolute atomic E-state index is 10.5. The van der Waals surface area contributed by atoms with Gasteiger partial charge in [-0.15, -0.1) is 10.2 Å². The minimum absolute atomic E-state index is 0.0300. The lowest BCUT2D eigenvalue weighted by Gasteiger charge is -2.08. The van der Waals surface area contributed by atoms with Crippen LogP contribution >= 0.6 is 0 Å². The Bertz CT molecular complexity index is 593. The molecule has 21 heavy (non-hydrogen) atoms.